The van der Waals surface area contributed by atoms with Gasteiger partial charge in [-0.05, 0) is 24.6 Å². The molecule has 0 saturated carbocycles. The van der Waals surface area contributed by atoms with Gasteiger partial charge >= 0.3 is 0 Å². The maximum atomic E-state index is 9.74. The Labute approximate surface area is 102 Å². The second-order valence-corrected chi connectivity index (χ2v) is 3.91. The van der Waals surface area contributed by atoms with E-state index in [0.717, 1.165) is 17.7 Å². The number of methoxy groups -OCH3 is 2. The Morgan fingerprint density at radius 3 is 2.24 bits per heavy atom. The van der Waals surface area contributed by atoms with Crippen LogP contribution >= 0.6 is 0 Å². The zero-order valence-electron chi connectivity index (χ0n) is 10.5. The van der Waals surface area contributed by atoms with E-state index in [2.05, 4.69) is 11.9 Å². The van der Waals surface area contributed by atoms with Gasteiger partial charge in [0.15, 0.2) is 11.5 Å². The molecule has 0 amide bonds. The van der Waals surface area contributed by atoms with Crippen molar-refractivity contribution in [2.75, 3.05) is 20.8 Å². The Morgan fingerprint density at radius 2 is 1.82 bits per heavy atom. The minimum Gasteiger partial charge on any atom is -0.502 e. The lowest BCUT2D eigenvalue weighted by molar-refractivity contribution is 0.339. The van der Waals surface area contributed by atoms with E-state index in [4.69, 9.17) is 9.47 Å². The summed E-state index contributed by atoms with van der Waals surface area (Å²) in [6, 6.07) is 3.56. The fraction of sp³-hybridized carbons (Fsp3) is 0.385. The Hall–Kier alpha value is -1.68. The lowest BCUT2D eigenvalue weighted by Crippen LogP contribution is -2.15. The first-order valence-corrected chi connectivity index (χ1v) is 5.37. The fourth-order valence-electron chi connectivity index (χ4n) is 1.47. The predicted octanol–water partition coefficient (Wildman–Crippen LogP) is 2.08. The summed E-state index contributed by atoms with van der Waals surface area (Å²) in [5.41, 5.74) is 2.06. The number of rotatable bonds is 6. The van der Waals surface area contributed by atoms with Gasteiger partial charge in [0, 0.05) is 13.1 Å². The van der Waals surface area contributed by atoms with E-state index in [1.54, 1.807) is 12.1 Å². The summed E-state index contributed by atoms with van der Waals surface area (Å²) in [7, 11) is 3.03. The maximum Gasteiger partial charge on any atom is 0.200 e. The minimum atomic E-state index is 0.0265. The number of hydrogen-bond donors (Lipinski definition) is 2. The molecule has 0 heterocycles. The van der Waals surface area contributed by atoms with Crippen LogP contribution in [0.3, 0.4) is 0 Å². The number of nitrogens with one attached hydrogen (secondary N) is 1. The second-order valence-electron chi connectivity index (χ2n) is 3.91. The first-order chi connectivity index (χ1) is 8.08. The molecule has 4 nitrogen and oxygen atoms in total. The van der Waals surface area contributed by atoms with Gasteiger partial charge in [0.1, 0.15) is 0 Å². The number of benzene rings is 1. The van der Waals surface area contributed by atoms with Gasteiger partial charge in [0.25, 0.3) is 0 Å². The van der Waals surface area contributed by atoms with Crippen LogP contribution in [-0.2, 0) is 6.54 Å². The van der Waals surface area contributed by atoms with Crippen molar-refractivity contribution in [1.82, 2.24) is 5.32 Å². The van der Waals surface area contributed by atoms with E-state index in [-0.39, 0.29) is 5.75 Å². The highest BCUT2D eigenvalue weighted by molar-refractivity contribution is 5.52. The molecule has 0 fully saturated rings. The molecule has 0 unspecified atom stereocenters. The highest BCUT2D eigenvalue weighted by Gasteiger charge is 2.10. The molecule has 0 atom stereocenters. The van der Waals surface area contributed by atoms with Crippen molar-refractivity contribution in [2.24, 2.45) is 0 Å². The Balaban J connectivity index is 2.82. The van der Waals surface area contributed by atoms with Crippen LogP contribution in [0, 0.1) is 0 Å². The first kappa shape index (κ1) is 13.4. The summed E-state index contributed by atoms with van der Waals surface area (Å²) in [6.45, 7) is 7.20. The Kier molecular flexibility index (Phi) is 4.84. The molecule has 94 valence electrons. The zero-order valence-corrected chi connectivity index (χ0v) is 10.5. The smallest absolute Gasteiger partial charge is 0.200 e. The molecule has 4 heteroatoms. The normalized spacial score (nSPS) is 10.1. The fourth-order valence-corrected chi connectivity index (χ4v) is 1.47. The zero-order chi connectivity index (χ0) is 12.8. The van der Waals surface area contributed by atoms with Crippen molar-refractivity contribution in [3.8, 4) is 17.2 Å². The van der Waals surface area contributed by atoms with Gasteiger partial charge < -0.3 is 19.9 Å². The lowest BCUT2D eigenvalue weighted by Gasteiger charge is -2.11. The molecule has 0 radical (unpaired) electrons. The number of aromatic hydroxyl groups is 1. The summed E-state index contributed by atoms with van der Waals surface area (Å²) in [6.07, 6.45) is 0. The molecular formula is C13H19NO3. The van der Waals surface area contributed by atoms with E-state index in [1.165, 1.54) is 14.2 Å². The molecule has 17 heavy (non-hydrogen) atoms. The summed E-state index contributed by atoms with van der Waals surface area (Å²) in [5, 5.41) is 13.0. The molecule has 1 rings (SSSR count). The third kappa shape index (κ3) is 3.67. The molecule has 1 aromatic carbocycles. The Bertz CT molecular complexity index is 377. The SMILES string of the molecule is C=C(C)CNCc1cc(OC)c(O)c(OC)c1. The van der Waals surface area contributed by atoms with E-state index < -0.39 is 0 Å². The number of phenols is 1. The van der Waals surface area contributed by atoms with Crippen molar-refractivity contribution in [3.05, 3.63) is 29.8 Å². The molecule has 0 aliphatic carbocycles. The molecule has 0 aliphatic rings. The average Bonchev–Trinajstić information content (AvgIpc) is 2.30. The maximum absolute atomic E-state index is 9.74. The van der Waals surface area contributed by atoms with Crippen LogP contribution in [-0.4, -0.2) is 25.9 Å². The summed E-state index contributed by atoms with van der Waals surface area (Å²) < 4.78 is 10.2. The van der Waals surface area contributed by atoms with Crippen LogP contribution in [0.5, 0.6) is 17.2 Å². The molecule has 0 bridgehead atoms. The van der Waals surface area contributed by atoms with Gasteiger partial charge in [-0.1, -0.05) is 12.2 Å². The molecular weight excluding hydrogens is 218 g/mol. The van der Waals surface area contributed by atoms with E-state index in [9.17, 15) is 5.11 Å². The monoisotopic (exact) mass is 237 g/mol. The molecule has 2 N–H and O–H groups in total. The third-order valence-electron chi connectivity index (χ3n) is 2.30. The van der Waals surface area contributed by atoms with Gasteiger partial charge in [-0.25, -0.2) is 0 Å². The summed E-state index contributed by atoms with van der Waals surface area (Å²) in [4.78, 5) is 0. The second kappa shape index (κ2) is 6.15. The van der Waals surface area contributed by atoms with Crippen molar-refractivity contribution in [2.45, 2.75) is 13.5 Å². The first-order valence-electron chi connectivity index (χ1n) is 5.37. The standard InChI is InChI=1S/C13H19NO3/c1-9(2)7-14-8-10-5-11(16-3)13(15)12(6-10)17-4/h5-6,14-15H,1,7-8H2,2-4H3. The highest BCUT2D eigenvalue weighted by atomic mass is 16.5. The quantitative estimate of drug-likeness (QED) is 0.744. The lowest BCUT2D eigenvalue weighted by atomic mass is 10.1. The molecule has 0 saturated heterocycles. The highest BCUT2D eigenvalue weighted by Crippen LogP contribution is 2.36. The van der Waals surface area contributed by atoms with Gasteiger partial charge in [-0.2, -0.15) is 0 Å². The molecule has 1 aromatic rings. The van der Waals surface area contributed by atoms with Crippen LogP contribution in [0.1, 0.15) is 12.5 Å². The van der Waals surface area contributed by atoms with Crippen molar-refractivity contribution in [3.63, 3.8) is 0 Å². The number of ether oxygens (including phenoxy) is 2. The minimum absolute atomic E-state index is 0.0265. The van der Waals surface area contributed by atoms with Crippen LogP contribution in [0.25, 0.3) is 0 Å². The van der Waals surface area contributed by atoms with Crippen LogP contribution in [0.4, 0.5) is 0 Å². The summed E-state index contributed by atoms with van der Waals surface area (Å²) in [5.74, 6) is 0.853. The van der Waals surface area contributed by atoms with Gasteiger partial charge in [-0.15, -0.1) is 0 Å². The van der Waals surface area contributed by atoms with Crippen LogP contribution < -0.4 is 14.8 Å². The van der Waals surface area contributed by atoms with Gasteiger partial charge in [0.05, 0.1) is 14.2 Å². The van der Waals surface area contributed by atoms with E-state index in [1.807, 2.05) is 6.92 Å². The Morgan fingerprint density at radius 1 is 1.29 bits per heavy atom. The summed E-state index contributed by atoms with van der Waals surface area (Å²) >= 11 is 0. The molecule has 0 spiro atoms. The largest absolute Gasteiger partial charge is 0.502 e. The van der Waals surface area contributed by atoms with Crippen molar-refractivity contribution >= 4 is 0 Å². The number of phenolic OH excluding ortho intramolecular Hbond substituents is 1. The molecule has 0 aliphatic heterocycles. The topological polar surface area (TPSA) is 50.7 Å². The molecule has 0 aromatic heterocycles. The van der Waals surface area contributed by atoms with Crippen LogP contribution in [0.2, 0.25) is 0 Å². The average molecular weight is 237 g/mol. The van der Waals surface area contributed by atoms with Gasteiger partial charge in [-0.3, -0.25) is 0 Å². The van der Waals surface area contributed by atoms with E-state index >= 15 is 0 Å². The van der Waals surface area contributed by atoms with Crippen molar-refractivity contribution < 1.29 is 14.6 Å². The van der Waals surface area contributed by atoms with E-state index in [0.29, 0.717) is 18.0 Å². The number of hydrogen-bond acceptors (Lipinski definition) is 4. The predicted molar refractivity (Wildman–Crippen MR) is 67.7 cm³/mol. The van der Waals surface area contributed by atoms with Crippen molar-refractivity contribution in [1.29, 1.82) is 0 Å². The van der Waals surface area contributed by atoms with Crippen LogP contribution in [0.15, 0.2) is 24.3 Å². The van der Waals surface area contributed by atoms with Gasteiger partial charge in [0.2, 0.25) is 5.75 Å². The third-order valence-corrected chi connectivity index (χ3v) is 2.30.